The molecule has 0 amide bonds. The Morgan fingerprint density at radius 3 is 2.36 bits per heavy atom. The predicted molar refractivity (Wildman–Crippen MR) is 56.4 cm³/mol. The molecule has 0 N–H and O–H groups in total. The molecule has 3 rings (SSSR count). The highest BCUT2D eigenvalue weighted by Gasteiger charge is 2.50. The molecule has 2 aliphatic rings. The van der Waals surface area contributed by atoms with Crippen LogP contribution in [-0.2, 0) is 0 Å². The number of aromatic nitrogens is 1. The summed E-state index contributed by atoms with van der Waals surface area (Å²) in [4.78, 5) is 8.87. The van der Waals surface area contributed by atoms with Crippen LogP contribution >= 0.6 is 0 Å². The van der Waals surface area contributed by atoms with E-state index in [1.165, 1.54) is 31.9 Å². The van der Waals surface area contributed by atoms with Gasteiger partial charge in [-0.1, -0.05) is 0 Å². The van der Waals surface area contributed by atoms with Gasteiger partial charge in [0, 0.05) is 49.7 Å². The van der Waals surface area contributed by atoms with Crippen LogP contribution in [-0.4, -0.2) is 43.1 Å². The maximum atomic E-state index is 4.03. The first-order valence-corrected chi connectivity index (χ1v) is 5.11. The van der Waals surface area contributed by atoms with Gasteiger partial charge < -0.3 is 9.80 Å². The van der Waals surface area contributed by atoms with Crippen molar-refractivity contribution in [3.8, 4) is 0 Å². The summed E-state index contributed by atoms with van der Waals surface area (Å²) in [6.07, 6.45) is 3.74. The summed E-state index contributed by atoms with van der Waals surface area (Å²) in [6.45, 7) is 4.99. The molecule has 2 fully saturated rings. The fourth-order valence-corrected chi connectivity index (χ4v) is 2.80. The molecule has 1 aromatic heterocycles. The van der Waals surface area contributed by atoms with Crippen molar-refractivity contribution >= 4 is 5.69 Å². The zero-order valence-corrected chi connectivity index (χ0v) is 8.48. The van der Waals surface area contributed by atoms with E-state index in [1.807, 2.05) is 12.4 Å². The Kier molecular flexibility index (Phi) is 1.59. The van der Waals surface area contributed by atoms with Crippen molar-refractivity contribution in [2.24, 2.45) is 5.41 Å². The molecule has 0 bridgehead atoms. The molecular formula is C11H15N3. The molecule has 1 aromatic rings. The van der Waals surface area contributed by atoms with Crippen molar-refractivity contribution in [1.29, 1.82) is 0 Å². The summed E-state index contributed by atoms with van der Waals surface area (Å²) in [5.74, 6) is 0. The van der Waals surface area contributed by atoms with Crippen molar-refractivity contribution in [3.05, 3.63) is 24.5 Å². The average Bonchev–Trinajstić information content (AvgIpc) is 2.10. The van der Waals surface area contributed by atoms with Crippen LogP contribution in [0.3, 0.4) is 0 Å². The van der Waals surface area contributed by atoms with E-state index in [4.69, 9.17) is 0 Å². The maximum absolute atomic E-state index is 4.03. The van der Waals surface area contributed by atoms with E-state index in [9.17, 15) is 0 Å². The van der Waals surface area contributed by atoms with Crippen LogP contribution in [0.5, 0.6) is 0 Å². The summed E-state index contributed by atoms with van der Waals surface area (Å²) in [5.41, 5.74) is 1.94. The van der Waals surface area contributed by atoms with Gasteiger partial charge in [-0.25, -0.2) is 0 Å². The normalized spacial score (nSPS) is 24.5. The molecule has 2 saturated heterocycles. The second-order valence-electron chi connectivity index (χ2n) is 4.73. The fourth-order valence-electron chi connectivity index (χ4n) is 2.80. The first-order valence-electron chi connectivity index (χ1n) is 5.11. The van der Waals surface area contributed by atoms with Gasteiger partial charge in [-0.15, -0.1) is 0 Å². The fraction of sp³-hybridized carbons (Fsp3) is 0.545. The van der Waals surface area contributed by atoms with Gasteiger partial charge in [0.2, 0.25) is 0 Å². The van der Waals surface area contributed by atoms with Crippen LogP contribution < -0.4 is 4.90 Å². The van der Waals surface area contributed by atoms with E-state index in [0.717, 1.165) is 0 Å². The second kappa shape index (κ2) is 2.70. The van der Waals surface area contributed by atoms with Gasteiger partial charge in [-0.2, -0.15) is 0 Å². The molecule has 2 aliphatic heterocycles. The zero-order valence-electron chi connectivity index (χ0n) is 8.48. The third-order valence-electron chi connectivity index (χ3n) is 3.29. The smallest absolute Gasteiger partial charge is 0.0397 e. The Bertz CT molecular complexity index is 322. The molecule has 0 atom stereocenters. The monoisotopic (exact) mass is 189 g/mol. The number of likely N-dealkylation sites (tertiary alicyclic amines) is 1. The molecule has 3 nitrogen and oxygen atoms in total. The molecule has 0 saturated carbocycles. The standard InChI is InChI=1S/C11H15N3/c1-13-6-11(7-13)8-14(9-11)10-2-4-12-5-3-10/h2-5H,6-9H2,1H3. The maximum Gasteiger partial charge on any atom is 0.0397 e. The molecule has 3 heteroatoms. The molecule has 14 heavy (non-hydrogen) atoms. The summed E-state index contributed by atoms with van der Waals surface area (Å²) in [6, 6.07) is 4.18. The van der Waals surface area contributed by atoms with Crippen molar-refractivity contribution < 1.29 is 0 Å². The topological polar surface area (TPSA) is 19.4 Å². The molecule has 3 heterocycles. The van der Waals surface area contributed by atoms with E-state index < -0.39 is 0 Å². The van der Waals surface area contributed by atoms with Gasteiger partial charge in [0.1, 0.15) is 0 Å². The average molecular weight is 189 g/mol. The number of rotatable bonds is 1. The number of hydrogen-bond acceptors (Lipinski definition) is 3. The van der Waals surface area contributed by atoms with Gasteiger partial charge in [-0.05, 0) is 19.2 Å². The Balaban J connectivity index is 1.65. The minimum atomic E-state index is 0.623. The number of anilines is 1. The largest absolute Gasteiger partial charge is 0.370 e. The van der Waals surface area contributed by atoms with Gasteiger partial charge >= 0.3 is 0 Å². The lowest BCUT2D eigenvalue weighted by atomic mass is 9.73. The van der Waals surface area contributed by atoms with Crippen LogP contribution in [0, 0.1) is 5.41 Å². The highest BCUT2D eigenvalue weighted by Crippen LogP contribution is 2.40. The molecule has 0 radical (unpaired) electrons. The number of pyridine rings is 1. The summed E-state index contributed by atoms with van der Waals surface area (Å²) < 4.78 is 0. The van der Waals surface area contributed by atoms with E-state index in [2.05, 4.69) is 34.0 Å². The lowest BCUT2D eigenvalue weighted by molar-refractivity contribution is -0.00239. The van der Waals surface area contributed by atoms with E-state index >= 15 is 0 Å². The lowest BCUT2D eigenvalue weighted by Gasteiger charge is -2.60. The van der Waals surface area contributed by atoms with Gasteiger partial charge in [0.15, 0.2) is 0 Å². The van der Waals surface area contributed by atoms with Gasteiger partial charge in [0.25, 0.3) is 0 Å². The minimum absolute atomic E-state index is 0.623. The molecule has 0 unspecified atom stereocenters. The molecular weight excluding hydrogens is 174 g/mol. The minimum Gasteiger partial charge on any atom is -0.370 e. The van der Waals surface area contributed by atoms with Gasteiger partial charge in [-0.3, -0.25) is 4.98 Å². The lowest BCUT2D eigenvalue weighted by Crippen LogP contribution is -2.71. The summed E-state index contributed by atoms with van der Waals surface area (Å²) in [7, 11) is 2.19. The quantitative estimate of drug-likeness (QED) is 0.652. The first-order chi connectivity index (χ1) is 6.77. The number of nitrogens with zero attached hydrogens (tertiary/aromatic N) is 3. The van der Waals surface area contributed by atoms with Crippen molar-refractivity contribution in [2.75, 3.05) is 38.1 Å². The van der Waals surface area contributed by atoms with Crippen LogP contribution in [0.15, 0.2) is 24.5 Å². The zero-order chi connectivity index (χ0) is 9.60. The van der Waals surface area contributed by atoms with Crippen LogP contribution in [0.1, 0.15) is 0 Å². The van der Waals surface area contributed by atoms with E-state index in [0.29, 0.717) is 5.41 Å². The highest BCUT2D eigenvalue weighted by molar-refractivity contribution is 5.49. The predicted octanol–water partition coefficient (Wildman–Crippen LogP) is 0.833. The Labute approximate surface area is 84.3 Å². The Hall–Kier alpha value is -1.09. The van der Waals surface area contributed by atoms with E-state index in [-0.39, 0.29) is 0 Å². The van der Waals surface area contributed by atoms with Crippen molar-refractivity contribution in [1.82, 2.24) is 9.88 Å². The third kappa shape index (κ3) is 1.12. The van der Waals surface area contributed by atoms with Crippen LogP contribution in [0.2, 0.25) is 0 Å². The third-order valence-corrected chi connectivity index (χ3v) is 3.29. The van der Waals surface area contributed by atoms with Crippen LogP contribution in [0.25, 0.3) is 0 Å². The molecule has 74 valence electrons. The molecule has 0 aromatic carbocycles. The van der Waals surface area contributed by atoms with Crippen LogP contribution in [0.4, 0.5) is 5.69 Å². The second-order valence-corrected chi connectivity index (χ2v) is 4.73. The van der Waals surface area contributed by atoms with Crippen molar-refractivity contribution in [3.63, 3.8) is 0 Å². The first kappa shape index (κ1) is 8.24. The highest BCUT2D eigenvalue weighted by atomic mass is 15.3. The summed E-state index contributed by atoms with van der Waals surface area (Å²) in [5, 5.41) is 0. The van der Waals surface area contributed by atoms with Crippen molar-refractivity contribution in [2.45, 2.75) is 0 Å². The molecule has 1 spiro atoms. The Morgan fingerprint density at radius 2 is 1.79 bits per heavy atom. The molecule has 0 aliphatic carbocycles. The Morgan fingerprint density at radius 1 is 1.14 bits per heavy atom. The number of hydrogen-bond donors (Lipinski definition) is 0. The summed E-state index contributed by atoms with van der Waals surface area (Å²) >= 11 is 0. The SMILES string of the molecule is CN1CC2(C1)CN(c1ccncc1)C2. The van der Waals surface area contributed by atoms with E-state index in [1.54, 1.807) is 0 Å². The van der Waals surface area contributed by atoms with Gasteiger partial charge in [0.05, 0.1) is 0 Å².